The summed E-state index contributed by atoms with van der Waals surface area (Å²) in [4.78, 5) is 24.1. The van der Waals surface area contributed by atoms with Gasteiger partial charge >= 0.3 is 5.97 Å². The maximum atomic E-state index is 12.0. The van der Waals surface area contributed by atoms with Gasteiger partial charge in [0.15, 0.2) is 0 Å². The zero-order valence-corrected chi connectivity index (χ0v) is 9.42. The number of hydrogen-bond donors (Lipinski definition) is 1. The van der Waals surface area contributed by atoms with Crippen LogP contribution in [0.4, 0.5) is 5.69 Å². The molecule has 0 saturated carbocycles. The number of carboxylic acids is 1. The van der Waals surface area contributed by atoms with Crippen molar-refractivity contribution in [3.63, 3.8) is 0 Å². The number of rotatable bonds is 2. The summed E-state index contributed by atoms with van der Waals surface area (Å²) in [5.74, 6) is -1.06. The lowest BCUT2D eigenvalue weighted by Gasteiger charge is -2.21. The Morgan fingerprint density at radius 3 is 2.94 bits per heavy atom. The lowest BCUT2D eigenvalue weighted by molar-refractivity contribution is -0.137. The zero-order valence-electron chi connectivity index (χ0n) is 9.42. The topological polar surface area (TPSA) is 66.8 Å². The monoisotopic (exact) mass is 235 g/mol. The van der Waals surface area contributed by atoms with Crippen molar-refractivity contribution in [3.8, 4) is 5.75 Å². The molecule has 1 amide bonds. The quantitative estimate of drug-likeness (QED) is 0.834. The average molecular weight is 235 g/mol. The maximum absolute atomic E-state index is 12.0. The Morgan fingerprint density at radius 2 is 2.24 bits per heavy atom. The second-order valence-corrected chi connectivity index (χ2v) is 4.00. The molecule has 1 heterocycles. The fourth-order valence-electron chi connectivity index (χ4n) is 1.77. The van der Waals surface area contributed by atoms with E-state index < -0.39 is 5.97 Å². The van der Waals surface area contributed by atoms with Crippen LogP contribution >= 0.6 is 0 Å². The Morgan fingerprint density at radius 1 is 1.53 bits per heavy atom. The van der Waals surface area contributed by atoms with Crippen LogP contribution in [0.25, 0.3) is 0 Å². The Kier molecular flexibility index (Phi) is 2.99. The SMILES string of the molecule is C[C@@H]1COc2ccccc2N(CC(=O)O)C1=O. The Bertz CT molecular complexity index is 458. The van der Waals surface area contributed by atoms with Crippen molar-refractivity contribution in [2.45, 2.75) is 6.92 Å². The minimum Gasteiger partial charge on any atom is -0.491 e. The minimum atomic E-state index is -1.04. The number of nitrogens with zero attached hydrogens (tertiary/aromatic N) is 1. The van der Waals surface area contributed by atoms with E-state index in [4.69, 9.17) is 9.84 Å². The largest absolute Gasteiger partial charge is 0.491 e. The van der Waals surface area contributed by atoms with Gasteiger partial charge in [-0.05, 0) is 12.1 Å². The third-order valence-electron chi connectivity index (χ3n) is 2.63. The highest BCUT2D eigenvalue weighted by Crippen LogP contribution is 2.31. The predicted octanol–water partition coefficient (Wildman–Crippen LogP) is 1.13. The molecule has 90 valence electrons. The van der Waals surface area contributed by atoms with Crippen molar-refractivity contribution in [2.75, 3.05) is 18.1 Å². The number of carbonyl (C=O) groups is 2. The molecular weight excluding hydrogens is 222 g/mol. The smallest absolute Gasteiger partial charge is 0.323 e. The summed E-state index contributed by atoms with van der Waals surface area (Å²) in [6.07, 6.45) is 0. The number of ether oxygens (including phenoxy) is 1. The Balaban J connectivity index is 2.43. The van der Waals surface area contributed by atoms with Crippen LogP contribution in [0.2, 0.25) is 0 Å². The van der Waals surface area contributed by atoms with Crippen LogP contribution in [0.1, 0.15) is 6.92 Å². The maximum Gasteiger partial charge on any atom is 0.323 e. The third kappa shape index (κ3) is 2.22. The summed E-state index contributed by atoms with van der Waals surface area (Å²) in [6.45, 7) is 1.65. The standard InChI is InChI=1S/C12H13NO4/c1-8-7-17-10-5-3-2-4-9(10)13(12(8)16)6-11(14)15/h2-5,8H,6-7H2,1H3,(H,14,15)/t8-/m1/s1. The molecular formula is C12H13NO4. The second-order valence-electron chi connectivity index (χ2n) is 4.00. The van der Waals surface area contributed by atoms with Gasteiger partial charge in [0.05, 0.1) is 18.2 Å². The molecule has 0 aliphatic carbocycles. The lowest BCUT2D eigenvalue weighted by atomic mass is 10.1. The fourth-order valence-corrected chi connectivity index (χ4v) is 1.77. The van der Waals surface area contributed by atoms with Gasteiger partial charge in [0.25, 0.3) is 0 Å². The third-order valence-corrected chi connectivity index (χ3v) is 2.63. The van der Waals surface area contributed by atoms with Crippen LogP contribution in [0.3, 0.4) is 0 Å². The van der Waals surface area contributed by atoms with E-state index in [0.29, 0.717) is 11.4 Å². The predicted molar refractivity (Wildman–Crippen MR) is 61.1 cm³/mol. The number of hydrogen-bond acceptors (Lipinski definition) is 3. The number of aliphatic carboxylic acids is 1. The van der Waals surface area contributed by atoms with Crippen molar-refractivity contribution in [3.05, 3.63) is 24.3 Å². The van der Waals surface area contributed by atoms with Crippen LogP contribution in [-0.2, 0) is 9.59 Å². The molecule has 0 bridgehead atoms. The van der Waals surface area contributed by atoms with Gasteiger partial charge in [-0.2, -0.15) is 0 Å². The molecule has 1 atom stereocenters. The van der Waals surface area contributed by atoms with Crippen molar-refractivity contribution >= 4 is 17.6 Å². The Hall–Kier alpha value is -2.04. The van der Waals surface area contributed by atoms with E-state index in [2.05, 4.69) is 0 Å². The first-order valence-corrected chi connectivity index (χ1v) is 5.34. The molecule has 5 nitrogen and oxygen atoms in total. The summed E-state index contributed by atoms with van der Waals surface area (Å²) in [7, 11) is 0. The highest BCUT2D eigenvalue weighted by molar-refractivity contribution is 6.00. The zero-order chi connectivity index (χ0) is 12.4. The molecule has 5 heteroatoms. The molecule has 0 aromatic heterocycles. The van der Waals surface area contributed by atoms with Gasteiger partial charge in [0, 0.05) is 0 Å². The van der Waals surface area contributed by atoms with Crippen molar-refractivity contribution in [1.82, 2.24) is 0 Å². The van der Waals surface area contributed by atoms with E-state index in [1.54, 1.807) is 31.2 Å². The summed E-state index contributed by atoms with van der Waals surface area (Å²) in [5.41, 5.74) is 0.518. The number of carboxylic acid groups (broad SMARTS) is 1. The molecule has 2 rings (SSSR count). The van der Waals surface area contributed by atoms with E-state index in [-0.39, 0.29) is 25.0 Å². The van der Waals surface area contributed by atoms with E-state index in [1.807, 2.05) is 0 Å². The van der Waals surface area contributed by atoms with E-state index in [0.717, 1.165) is 0 Å². The van der Waals surface area contributed by atoms with Gasteiger partial charge in [-0.1, -0.05) is 19.1 Å². The highest BCUT2D eigenvalue weighted by Gasteiger charge is 2.29. The first-order valence-electron chi connectivity index (χ1n) is 5.34. The van der Waals surface area contributed by atoms with E-state index >= 15 is 0 Å². The number of carbonyl (C=O) groups excluding carboxylic acids is 1. The van der Waals surface area contributed by atoms with Crippen LogP contribution in [0, 0.1) is 5.92 Å². The molecule has 1 aliphatic heterocycles. The van der Waals surface area contributed by atoms with E-state index in [1.165, 1.54) is 4.90 Å². The molecule has 0 saturated heterocycles. The van der Waals surface area contributed by atoms with Gasteiger partial charge in [-0.15, -0.1) is 0 Å². The van der Waals surface area contributed by atoms with Crippen LogP contribution in [-0.4, -0.2) is 30.1 Å². The molecule has 0 spiro atoms. The van der Waals surface area contributed by atoms with Crippen LogP contribution < -0.4 is 9.64 Å². The summed E-state index contributed by atoms with van der Waals surface area (Å²) < 4.78 is 5.49. The first-order chi connectivity index (χ1) is 8.09. The first kappa shape index (κ1) is 11.4. The van der Waals surface area contributed by atoms with E-state index in [9.17, 15) is 9.59 Å². The summed E-state index contributed by atoms with van der Waals surface area (Å²) in [5, 5.41) is 8.85. The summed E-state index contributed by atoms with van der Waals surface area (Å²) in [6, 6.07) is 6.96. The normalized spacial score (nSPS) is 19.2. The van der Waals surface area contributed by atoms with Crippen LogP contribution in [0.5, 0.6) is 5.75 Å². The molecule has 1 aromatic rings. The Labute approximate surface area is 98.6 Å². The van der Waals surface area contributed by atoms with Gasteiger partial charge in [0.2, 0.25) is 5.91 Å². The average Bonchev–Trinajstić information content (AvgIpc) is 2.42. The van der Waals surface area contributed by atoms with Crippen molar-refractivity contribution in [1.29, 1.82) is 0 Å². The second kappa shape index (κ2) is 4.45. The fraction of sp³-hybridized carbons (Fsp3) is 0.333. The number of para-hydroxylation sites is 2. The van der Waals surface area contributed by atoms with Crippen LogP contribution in [0.15, 0.2) is 24.3 Å². The van der Waals surface area contributed by atoms with Gasteiger partial charge in [-0.3, -0.25) is 14.5 Å². The number of fused-ring (bicyclic) bond motifs is 1. The molecule has 1 aromatic carbocycles. The number of benzene rings is 1. The molecule has 0 unspecified atom stereocenters. The molecule has 0 fully saturated rings. The highest BCUT2D eigenvalue weighted by atomic mass is 16.5. The van der Waals surface area contributed by atoms with Gasteiger partial charge in [-0.25, -0.2) is 0 Å². The number of amides is 1. The van der Waals surface area contributed by atoms with Gasteiger partial charge in [0.1, 0.15) is 12.3 Å². The molecule has 1 N–H and O–H groups in total. The molecule has 17 heavy (non-hydrogen) atoms. The van der Waals surface area contributed by atoms with Crippen molar-refractivity contribution < 1.29 is 19.4 Å². The lowest BCUT2D eigenvalue weighted by Crippen LogP contribution is -2.38. The van der Waals surface area contributed by atoms with Gasteiger partial charge < -0.3 is 9.84 Å². The summed E-state index contributed by atoms with van der Waals surface area (Å²) >= 11 is 0. The molecule has 1 aliphatic rings. The van der Waals surface area contributed by atoms with Crippen molar-refractivity contribution in [2.24, 2.45) is 5.92 Å². The number of anilines is 1. The minimum absolute atomic E-state index is 0.225. The molecule has 0 radical (unpaired) electrons.